The third-order valence-corrected chi connectivity index (χ3v) is 11.1. The maximum Gasteiger partial charge on any atom is 0.143 e. The Bertz CT molecular complexity index is 3130. The fraction of sp³-hybridized carbons (Fsp3) is 0. The molecular formula is C54H35NO2. The van der Waals surface area contributed by atoms with Crippen molar-refractivity contribution in [2.24, 2.45) is 0 Å². The largest absolute Gasteiger partial charge is 0.456 e. The van der Waals surface area contributed by atoms with Gasteiger partial charge in [-0.1, -0.05) is 152 Å². The lowest BCUT2D eigenvalue weighted by molar-refractivity contribution is 0.668. The molecule has 0 unspecified atom stereocenters. The van der Waals surface area contributed by atoms with Crippen LogP contribution in [0, 0.1) is 0 Å². The molecule has 3 heteroatoms. The van der Waals surface area contributed by atoms with Crippen molar-refractivity contribution in [3.63, 3.8) is 0 Å². The van der Waals surface area contributed by atoms with Crippen LogP contribution >= 0.6 is 0 Å². The van der Waals surface area contributed by atoms with Crippen LogP contribution in [0.15, 0.2) is 221 Å². The van der Waals surface area contributed by atoms with Crippen LogP contribution in [0.25, 0.3) is 88.4 Å². The number of anilines is 3. The highest BCUT2D eigenvalue weighted by Gasteiger charge is 2.21. The lowest BCUT2D eigenvalue weighted by Crippen LogP contribution is -2.10. The number of hydrogen-bond donors (Lipinski definition) is 0. The van der Waals surface area contributed by atoms with E-state index >= 15 is 0 Å². The van der Waals surface area contributed by atoms with E-state index in [1.54, 1.807) is 0 Å². The molecule has 0 saturated carbocycles. The monoisotopic (exact) mass is 729 g/mol. The van der Waals surface area contributed by atoms with Crippen molar-refractivity contribution in [2.45, 2.75) is 0 Å². The Morgan fingerprint density at radius 3 is 1.42 bits per heavy atom. The van der Waals surface area contributed by atoms with Gasteiger partial charge in [0.25, 0.3) is 0 Å². The topological polar surface area (TPSA) is 29.5 Å². The highest BCUT2D eigenvalue weighted by molar-refractivity contribution is 6.20. The normalized spacial score (nSPS) is 11.5. The number of para-hydroxylation sites is 2. The lowest BCUT2D eigenvalue weighted by atomic mass is 9.92. The molecular weight excluding hydrogens is 695 g/mol. The molecule has 57 heavy (non-hydrogen) atoms. The molecule has 0 aliphatic carbocycles. The Balaban J connectivity index is 1.08. The molecule has 3 nitrogen and oxygen atoms in total. The third kappa shape index (κ3) is 5.68. The number of nitrogens with zero attached hydrogens (tertiary/aromatic N) is 1. The molecule has 268 valence electrons. The molecule has 0 spiro atoms. The fourth-order valence-corrected chi connectivity index (χ4v) is 8.41. The van der Waals surface area contributed by atoms with Crippen molar-refractivity contribution in [1.82, 2.24) is 0 Å². The van der Waals surface area contributed by atoms with Gasteiger partial charge >= 0.3 is 0 Å². The van der Waals surface area contributed by atoms with Crippen molar-refractivity contribution in [1.29, 1.82) is 0 Å². The van der Waals surface area contributed by atoms with Crippen LogP contribution in [0.5, 0.6) is 0 Å². The van der Waals surface area contributed by atoms with Gasteiger partial charge < -0.3 is 13.7 Å². The Kier molecular flexibility index (Phi) is 7.82. The maximum absolute atomic E-state index is 6.81. The van der Waals surface area contributed by atoms with Crippen molar-refractivity contribution in [3.8, 4) is 44.5 Å². The van der Waals surface area contributed by atoms with Gasteiger partial charge in [0.1, 0.15) is 22.3 Å². The first-order valence-electron chi connectivity index (χ1n) is 19.3. The van der Waals surface area contributed by atoms with Crippen LogP contribution in [-0.4, -0.2) is 0 Å². The minimum atomic E-state index is 0.861. The highest BCUT2D eigenvalue weighted by Crippen LogP contribution is 2.46. The summed E-state index contributed by atoms with van der Waals surface area (Å²) in [7, 11) is 0. The van der Waals surface area contributed by atoms with Crippen LogP contribution in [0.3, 0.4) is 0 Å². The fourth-order valence-electron chi connectivity index (χ4n) is 8.41. The molecule has 9 aromatic carbocycles. The van der Waals surface area contributed by atoms with E-state index in [0.29, 0.717) is 0 Å². The van der Waals surface area contributed by atoms with Gasteiger partial charge in [0.05, 0.1) is 0 Å². The van der Waals surface area contributed by atoms with E-state index in [9.17, 15) is 0 Å². The summed E-state index contributed by atoms with van der Waals surface area (Å²) in [6.07, 6.45) is 0. The van der Waals surface area contributed by atoms with Crippen LogP contribution in [0.1, 0.15) is 0 Å². The first-order valence-corrected chi connectivity index (χ1v) is 19.3. The second-order valence-corrected chi connectivity index (χ2v) is 14.5. The van der Waals surface area contributed by atoms with Gasteiger partial charge in [0.15, 0.2) is 0 Å². The minimum absolute atomic E-state index is 0.861. The van der Waals surface area contributed by atoms with Crippen molar-refractivity contribution in [3.05, 3.63) is 212 Å². The van der Waals surface area contributed by atoms with Gasteiger partial charge in [0, 0.05) is 44.2 Å². The average molecular weight is 730 g/mol. The van der Waals surface area contributed by atoms with Gasteiger partial charge in [-0.25, -0.2) is 0 Å². The molecule has 0 fully saturated rings. The summed E-state index contributed by atoms with van der Waals surface area (Å²) in [6, 6.07) is 75.0. The summed E-state index contributed by atoms with van der Waals surface area (Å²) in [5, 5.41) is 4.37. The van der Waals surface area contributed by atoms with E-state index < -0.39 is 0 Å². The van der Waals surface area contributed by atoms with Crippen molar-refractivity contribution in [2.75, 3.05) is 4.90 Å². The zero-order valence-corrected chi connectivity index (χ0v) is 31.0. The zero-order valence-electron chi connectivity index (χ0n) is 31.0. The summed E-state index contributed by atoms with van der Waals surface area (Å²) in [5.41, 5.74) is 15.8. The number of rotatable bonds is 7. The second kappa shape index (κ2) is 13.6. The molecule has 0 aliphatic heterocycles. The molecule has 0 bridgehead atoms. The zero-order chi connectivity index (χ0) is 37.7. The first kappa shape index (κ1) is 32.8. The Hall–Kier alpha value is -7.62. The summed E-state index contributed by atoms with van der Waals surface area (Å²) in [6.45, 7) is 0. The molecule has 0 N–H and O–H groups in total. The molecule has 11 aromatic rings. The predicted molar refractivity (Wildman–Crippen MR) is 237 cm³/mol. The highest BCUT2D eigenvalue weighted by atomic mass is 16.3. The predicted octanol–water partition coefficient (Wildman–Crippen LogP) is 15.6. The van der Waals surface area contributed by atoms with Gasteiger partial charge in [-0.3, -0.25) is 0 Å². The number of hydrogen-bond acceptors (Lipinski definition) is 3. The van der Waals surface area contributed by atoms with E-state index in [-0.39, 0.29) is 0 Å². The molecule has 0 radical (unpaired) electrons. The number of furan rings is 2. The van der Waals surface area contributed by atoms with Crippen molar-refractivity contribution < 1.29 is 8.83 Å². The van der Waals surface area contributed by atoms with Gasteiger partial charge in [-0.2, -0.15) is 0 Å². The van der Waals surface area contributed by atoms with E-state index in [1.165, 1.54) is 22.3 Å². The minimum Gasteiger partial charge on any atom is -0.456 e. The standard InChI is InChI=1S/C54H35NO2/c1-3-13-36(14-4-1)38-25-29-41(30-26-38)55(42-31-27-39(28-32-42)37-15-5-2-6-16-37)43-18-11-17-40(35-43)44-33-34-46(54-53(44)48-20-8-10-23-50(48)57-54)45-21-12-24-51-52(45)47-19-7-9-22-49(47)56-51/h1-35H. The van der Waals surface area contributed by atoms with Gasteiger partial charge in [-0.15, -0.1) is 0 Å². The molecule has 0 saturated heterocycles. The van der Waals surface area contributed by atoms with E-state index in [0.717, 1.165) is 83.2 Å². The van der Waals surface area contributed by atoms with Crippen LogP contribution in [0.2, 0.25) is 0 Å². The Morgan fingerprint density at radius 1 is 0.281 bits per heavy atom. The number of fused-ring (bicyclic) bond motifs is 6. The SMILES string of the molecule is c1ccc(-c2ccc(N(c3ccc(-c4ccccc4)cc3)c3cccc(-c4ccc(-c5cccc6oc7ccccc7c56)c5oc6ccccc6c45)c3)cc2)cc1. The lowest BCUT2D eigenvalue weighted by Gasteiger charge is -2.26. The smallest absolute Gasteiger partial charge is 0.143 e. The van der Waals surface area contributed by atoms with Gasteiger partial charge in [-0.05, 0) is 99.6 Å². The quantitative estimate of drug-likeness (QED) is 0.164. The van der Waals surface area contributed by atoms with Crippen molar-refractivity contribution >= 4 is 60.9 Å². The summed E-state index contributed by atoms with van der Waals surface area (Å²) >= 11 is 0. The molecule has 2 aromatic heterocycles. The summed E-state index contributed by atoms with van der Waals surface area (Å²) in [5.74, 6) is 0. The van der Waals surface area contributed by atoms with Crippen LogP contribution < -0.4 is 4.90 Å². The van der Waals surface area contributed by atoms with Crippen LogP contribution in [-0.2, 0) is 0 Å². The molecule has 0 amide bonds. The van der Waals surface area contributed by atoms with E-state index in [4.69, 9.17) is 8.83 Å². The van der Waals surface area contributed by atoms with E-state index in [2.05, 4.69) is 193 Å². The maximum atomic E-state index is 6.81. The Labute approximate surface area is 330 Å². The average Bonchev–Trinajstić information content (AvgIpc) is 3.87. The van der Waals surface area contributed by atoms with Gasteiger partial charge in [0.2, 0.25) is 0 Å². The Morgan fingerprint density at radius 2 is 0.772 bits per heavy atom. The third-order valence-electron chi connectivity index (χ3n) is 11.1. The summed E-state index contributed by atoms with van der Waals surface area (Å²) < 4.78 is 13.1. The van der Waals surface area contributed by atoms with E-state index in [1.807, 2.05) is 24.3 Å². The molecule has 0 atom stereocenters. The summed E-state index contributed by atoms with van der Waals surface area (Å²) in [4.78, 5) is 2.34. The van der Waals surface area contributed by atoms with Crippen LogP contribution in [0.4, 0.5) is 17.1 Å². The molecule has 0 aliphatic rings. The number of benzene rings is 9. The molecule has 11 rings (SSSR count). The first-order chi connectivity index (χ1) is 28.3. The second-order valence-electron chi connectivity index (χ2n) is 14.5. The molecule has 2 heterocycles.